The maximum Gasteiger partial charge on any atom is 0.389 e. The molecule has 1 unspecified atom stereocenters. The van der Waals surface area contributed by atoms with Gasteiger partial charge in [-0.25, -0.2) is 4.98 Å². The Morgan fingerprint density at radius 3 is 2.51 bits per heavy atom. The lowest BCUT2D eigenvalue weighted by Gasteiger charge is -2.33. The van der Waals surface area contributed by atoms with E-state index >= 15 is 0 Å². The van der Waals surface area contributed by atoms with E-state index in [0.29, 0.717) is 83.5 Å². The molecule has 1 atom stereocenters. The number of ketones is 1. The van der Waals surface area contributed by atoms with Gasteiger partial charge in [-0.15, -0.1) is 0 Å². The lowest BCUT2D eigenvalue weighted by atomic mass is 9.90. The molecule has 15 heteroatoms. The number of methoxy groups -OCH3 is 1. The van der Waals surface area contributed by atoms with Crippen molar-refractivity contribution in [2.45, 2.75) is 50.7 Å². The number of aromatic nitrogens is 5. The van der Waals surface area contributed by atoms with Gasteiger partial charge in [-0.1, -0.05) is 41.4 Å². The lowest BCUT2D eigenvalue weighted by Crippen LogP contribution is -2.39. The van der Waals surface area contributed by atoms with Gasteiger partial charge < -0.3 is 19.1 Å². The van der Waals surface area contributed by atoms with Crippen molar-refractivity contribution in [3.8, 4) is 17.0 Å². The number of H-pyrrole nitrogens is 1. The number of alkyl halides is 3. The van der Waals surface area contributed by atoms with E-state index in [-0.39, 0.29) is 42.3 Å². The summed E-state index contributed by atoms with van der Waals surface area (Å²) in [6, 6.07) is 18.0. The minimum absolute atomic E-state index is 0.0623. The quantitative estimate of drug-likeness (QED) is 0.113. The van der Waals surface area contributed by atoms with E-state index in [9.17, 15) is 22.8 Å². The summed E-state index contributed by atoms with van der Waals surface area (Å²) in [4.78, 5) is 36.2. The monoisotopic (exact) mass is 769 g/mol. The standard InChI is InChI=1S/C38H40Cl2F3N7O3/c1-48(37(52)28-20-26(9-11-34(28)53-2)32-22-44-47-46-32)23-27(25-8-10-29(39)30(40)21-25)14-19-49-17-12-24(13-18-49)35(51)36-45-31-6-3-4-7-33(31)50(36)16-5-15-38(41,42)43/h3-4,6-11,20-22,24,27H,5,12-19,23H2,1-2H3,(H,44,46,47). The summed E-state index contributed by atoms with van der Waals surface area (Å²) in [5.74, 6) is -0.0796. The number of benzene rings is 3. The Morgan fingerprint density at radius 1 is 1.04 bits per heavy atom. The molecule has 1 aliphatic rings. The van der Waals surface area contributed by atoms with Crippen LogP contribution in [-0.2, 0) is 6.54 Å². The first kappa shape index (κ1) is 38.3. The van der Waals surface area contributed by atoms with Crippen LogP contribution in [0.1, 0.15) is 64.6 Å². The predicted octanol–water partition coefficient (Wildman–Crippen LogP) is 8.32. The molecule has 0 aliphatic carbocycles. The van der Waals surface area contributed by atoms with Crippen LogP contribution in [0, 0.1) is 5.92 Å². The van der Waals surface area contributed by atoms with Crippen molar-refractivity contribution in [3.63, 3.8) is 0 Å². The predicted molar refractivity (Wildman–Crippen MR) is 198 cm³/mol. The number of ether oxygens (including phenoxy) is 1. The first-order valence-corrected chi connectivity index (χ1v) is 18.2. The summed E-state index contributed by atoms with van der Waals surface area (Å²) in [6.07, 6.45) is -1.85. The molecule has 280 valence electrons. The van der Waals surface area contributed by atoms with Crippen molar-refractivity contribution in [1.29, 1.82) is 0 Å². The van der Waals surface area contributed by atoms with E-state index < -0.39 is 12.6 Å². The van der Waals surface area contributed by atoms with Gasteiger partial charge in [0, 0.05) is 44.0 Å². The number of hydrogen-bond acceptors (Lipinski definition) is 7. The zero-order valence-electron chi connectivity index (χ0n) is 29.4. The highest BCUT2D eigenvalue weighted by molar-refractivity contribution is 6.42. The SMILES string of the molecule is COc1ccc(-c2cn[nH]n2)cc1C(=O)N(C)CC(CCN1CCC(C(=O)c2nc3ccccc3n2CCCC(F)(F)F)CC1)c1ccc(Cl)c(Cl)c1. The van der Waals surface area contributed by atoms with Crippen molar-refractivity contribution >= 4 is 45.9 Å². The van der Waals surface area contributed by atoms with Gasteiger partial charge in [-0.3, -0.25) is 9.59 Å². The molecule has 6 rings (SSSR count). The van der Waals surface area contributed by atoms with Gasteiger partial charge in [0.2, 0.25) is 5.78 Å². The third-order valence-electron chi connectivity index (χ3n) is 9.87. The molecular formula is C38H40Cl2F3N7O3. The Morgan fingerprint density at radius 2 is 1.81 bits per heavy atom. The summed E-state index contributed by atoms with van der Waals surface area (Å²) < 4.78 is 46.0. The van der Waals surface area contributed by atoms with Crippen molar-refractivity contribution in [2.75, 3.05) is 40.3 Å². The minimum atomic E-state index is -4.27. The second kappa shape index (κ2) is 16.7. The van der Waals surface area contributed by atoms with Crippen molar-refractivity contribution in [2.24, 2.45) is 5.92 Å². The molecule has 3 aromatic carbocycles. The number of fused-ring (bicyclic) bond motifs is 1. The number of nitrogens with one attached hydrogen (secondary N) is 1. The van der Waals surface area contributed by atoms with E-state index in [2.05, 4.69) is 25.3 Å². The summed E-state index contributed by atoms with van der Waals surface area (Å²) in [5, 5.41) is 11.5. The molecule has 3 heterocycles. The average molecular weight is 771 g/mol. The van der Waals surface area contributed by atoms with Crippen LogP contribution >= 0.6 is 23.2 Å². The number of nitrogens with zero attached hydrogens (tertiary/aromatic N) is 6. The number of amides is 1. The first-order chi connectivity index (χ1) is 25.4. The fourth-order valence-corrected chi connectivity index (χ4v) is 7.30. The van der Waals surface area contributed by atoms with Crippen LogP contribution in [-0.4, -0.2) is 93.0 Å². The minimum Gasteiger partial charge on any atom is -0.496 e. The number of halogens is 5. The number of aryl methyl sites for hydroxylation is 1. The zero-order chi connectivity index (χ0) is 37.7. The number of para-hydroxylation sites is 2. The zero-order valence-corrected chi connectivity index (χ0v) is 30.9. The second-order valence-electron chi connectivity index (χ2n) is 13.4. The largest absolute Gasteiger partial charge is 0.496 e. The summed E-state index contributed by atoms with van der Waals surface area (Å²) >= 11 is 12.7. The maximum atomic E-state index is 13.9. The highest BCUT2D eigenvalue weighted by Gasteiger charge is 2.31. The normalized spacial score (nSPS) is 14.8. The fourth-order valence-electron chi connectivity index (χ4n) is 6.99. The van der Waals surface area contributed by atoms with Crippen LogP contribution in [0.5, 0.6) is 5.75 Å². The van der Waals surface area contributed by atoms with Crippen LogP contribution in [0.15, 0.2) is 66.9 Å². The average Bonchev–Trinajstić information content (AvgIpc) is 3.82. The fraction of sp³-hybridized carbons (Fsp3) is 0.395. The van der Waals surface area contributed by atoms with Gasteiger partial charge in [0.1, 0.15) is 11.4 Å². The number of carbonyl (C=O) groups is 2. The number of imidazole rings is 1. The highest BCUT2D eigenvalue weighted by atomic mass is 35.5. The number of rotatable bonds is 14. The smallest absolute Gasteiger partial charge is 0.389 e. The summed E-state index contributed by atoms with van der Waals surface area (Å²) in [6.45, 7) is 2.48. The lowest BCUT2D eigenvalue weighted by molar-refractivity contribution is -0.135. The topological polar surface area (TPSA) is 109 Å². The molecule has 0 radical (unpaired) electrons. The Balaban J connectivity index is 1.12. The summed E-state index contributed by atoms with van der Waals surface area (Å²) in [5.41, 5.74) is 3.91. The molecule has 2 aromatic heterocycles. The van der Waals surface area contributed by atoms with Crippen molar-refractivity contribution in [1.82, 2.24) is 34.8 Å². The van der Waals surface area contributed by atoms with Crippen LogP contribution < -0.4 is 4.74 Å². The van der Waals surface area contributed by atoms with E-state index in [4.69, 9.17) is 27.9 Å². The Labute approximate surface area is 315 Å². The van der Waals surface area contributed by atoms with Crippen molar-refractivity contribution in [3.05, 3.63) is 93.9 Å². The van der Waals surface area contributed by atoms with Crippen LogP contribution in [0.25, 0.3) is 22.3 Å². The Bertz CT molecular complexity index is 2050. The number of Topliss-reactive ketones (excluding diaryl/α,β-unsaturated/α-hetero) is 1. The first-order valence-electron chi connectivity index (χ1n) is 17.4. The molecular weight excluding hydrogens is 730 g/mol. The molecule has 0 spiro atoms. The molecule has 10 nitrogen and oxygen atoms in total. The molecule has 0 bridgehead atoms. The maximum absolute atomic E-state index is 13.9. The molecule has 1 amide bonds. The van der Waals surface area contributed by atoms with Crippen molar-refractivity contribution < 1.29 is 27.5 Å². The number of aromatic amines is 1. The van der Waals surface area contributed by atoms with Gasteiger partial charge in [-0.2, -0.15) is 28.6 Å². The Kier molecular flexibility index (Phi) is 12.1. The van der Waals surface area contributed by atoms with Gasteiger partial charge in [0.15, 0.2) is 5.82 Å². The summed E-state index contributed by atoms with van der Waals surface area (Å²) in [7, 11) is 3.27. The molecule has 1 fully saturated rings. The van der Waals surface area contributed by atoms with E-state index in [1.54, 1.807) is 65.2 Å². The van der Waals surface area contributed by atoms with E-state index in [0.717, 1.165) is 11.1 Å². The third kappa shape index (κ3) is 9.20. The molecule has 1 saturated heterocycles. The third-order valence-corrected chi connectivity index (χ3v) is 10.6. The molecule has 5 aromatic rings. The van der Waals surface area contributed by atoms with Crippen LogP contribution in [0.2, 0.25) is 10.0 Å². The molecule has 0 saturated carbocycles. The number of piperidine rings is 1. The van der Waals surface area contributed by atoms with E-state index in [1.165, 1.54) is 7.11 Å². The highest BCUT2D eigenvalue weighted by Crippen LogP contribution is 2.32. The molecule has 1 N–H and O–H groups in total. The molecule has 53 heavy (non-hydrogen) atoms. The Hall–Kier alpha value is -4.46. The number of likely N-dealkylation sites (N-methyl/N-ethyl adjacent to an activating group) is 1. The second-order valence-corrected chi connectivity index (χ2v) is 14.2. The number of hydrogen-bond donors (Lipinski definition) is 1. The van der Waals surface area contributed by atoms with E-state index in [1.807, 2.05) is 18.2 Å². The van der Waals surface area contributed by atoms with Gasteiger partial charge in [-0.05, 0) is 93.3 Å². The van der Waals surface area contributed by atoms with Crippen LogP contribution in [0.4, 0.5) is 13.2 Å². The number of carbonyl (C=O) groups excluding carboxylic acids is 2. The molecule has 1 aliphatic heterocycles. The van der Waals surface area contributed by atoms with Crippen LogP contribution in [0.3, 0.4) is 0 Å². The van der Waals surface area contributed by atoms with Gasteiger partial charge >= 0.3 is 6.18 Å². The van der Waals surface area contributed by atoms with Gasteiger partial charge in [0.05, 0.1) is 39.9 Å². The number of likely N-dealkylation sites (tertiary alicyclic amines) is 1. The van der Waals surface area contributed by atoms with Gasteiger partial charge in [0.25, 0.3) is 5.91 Å².